The predicted octanol–water partition coefficient (Wildman–Crippen LogP) is 2.34. The lowest BCUT2D eigenvalue weighted by Gasteiger charge is -2.06. The third-order valence-electron chi connectivity index (χ3n) is 2.76. The van der Waals surface area contributed by atoms with Gasteiger partial charge in [0, 0.05) is 17.3 Å². The highest BCUT2D eigenvalue weighted by Crippen LogP contribution is 2.25. The Balaban J connectivity index is 2.26. The largest absolute Gasteiger partial charge is 0.366 e. The third-order valence-corrected chi connectivity index (χ3v) is 2.97. The Labute approximate surface area is 108 Å². The van der Waals surface area contributed by atoms with E-state index < -0.39 is 0 Å². The van der Waals surface area contributed by atoms with Gasteiger partial charge in [-0.15, -0.1) is 5.10 Å². The van der Waals surface area contributed by atoms with Crippen LogP contribution in [0, 0.1) is 6.92 Å². The summed E-state index contributed by atoms with van der Waals surface area (Å²) in [5, 5.41) is 4.53. The second-order valence-corrected chi connectivity index (χ2v) is 4.33. The Morgan fingerprint density at radius 3 is 2.83 bits per heavy atom. The van der Waals surface area contributed by atoms with E-state index in [-0.39, 0.29) is 5.95 Å². The minimum absolute atomic E-state index is 0.259. The second kappa shape index (κ2) is 3.96. The van der Waals surface area contributed by atoms with Crippen LogP contribution in [0.15, 0.2) is 30.5 Å². The van der Waals surface area contributed by atoms with E-state index in [0.29, 0.717) is 5.15 Å². The highest BCUT2D eigenvalue weighted by Gasteiger charge is 2.10. The number of fused-ring (bicyclic) bond motifs is 1. The molecule has 0 amide bonds. The lowest BCUT2D eigenvalue weighted by Crippen LogP contribution is -1.94. The summed E-state index contributed by atoms with van der Waals surface area (Å²) in [6.07, 6.45) is 1.81. The molecule has 0 spiro atoms. The predicted molar refractivity (Wildman–Crippen MR) is 70.4 cm³/mol. The zero-order chi connectivity index (χ0) is 12.7. The highest BCUT2D eigenvalue weighted by atomic mass is 35.5. The molecule has 3 rings (SSSR count). The summed E-state index contributed by atoms with van der Waals surface area (Å²) < 4.78 is 1.65. The van der Waals surface area contributed by atoms with E-state index in [1.54, 1.807) is 10.6 Å². The number of aromatic nitrogens is 4. The van der Waals surface area contributed by atoms with Gasteiger partial charge in [-0.1, -0.05) is 17.7 Å². The molecule has 0 aliphatic carbocycles. The summed E-state index contributed by atoms with van der Waals surface area (Å²) in [6.45, 7) is 1.96. The zero-order valence-corrected chi connectivity index (χ0v) is 10.4. The van der Waals surface area contributed by atoms with E-state index in [4.69, 9.17) is 17.3 Å². The van der Waals surface area contributed by atoms with Gasteiger partial charge in [-0.05, 0) is 25.1 Å². The van der Waals surface area contributed by atoms with Crippen LogP contribution in [0.4, 0.5) is 5.95 Å². The molecule has 6 heteroatoms. The van der Waals surface area contributed by atoms with Gasteiger partial charge in [0.25, 0.3) is 0 Å². The summed E-state index contributed by atoms with van der Waals surface area (Å²) in [7, 11) is 0. The van der Waals surface area contributed by atoms with E-state index in [0.717, 1.165) is 22.5 Å². The molecule has 0 bridgehead atoms. The van der Waals surface area contributed by atoms with Crippen LogP contribution in [0.2, 0.25) is 5.15 Å². The number of pyridine rings is 2. The standard InChI is InChI=1S/C12H10ClN5/c1-7-8(9-3-2-4-10(13)15-9)5-6-18-11(7)16-12(14)17-18/h2-6H,1H3,(H2,14,17). The molecule has 90 valence electrons. The van der Waals surface area contributed by atoms with Crippen molar-refractivity contribution < 1.29 is 0 Å². The number of nitrogen functional groups attached to an aromatic ring is 1. The molecule has 0 aromatic carbocycles. The van der Waals surface area contributed by atoms with Crippen molar-refractivity contribution >= 4 is 23.2 Å². The molecule has 0 aliphatic rings. The number of nitrogens with two attached hydrogens (primary N) is 1. The molecule has 0 atom stereocenters. The van der Waals surface area contributed by atoms with Crippen molar-refractivity contribution in [2.75, 3.05) is 5.73 Å². The first-order valence-electron chi connectivity index (χ1n) is 5.39. The fourth-order valence-electron chi connectivity index (χ4n) is 1.93. The summed E-state index contributed by atoms with van der Waals surface area (Å²) in [5.41, 5.74) is 9.07. The van der Waals surface area contributed by atoms with Crippen molar-refractivity contribution in [2.45, 2.75) is 6.92 Å². The lowest BCUT2D eigenvalue weighted by molar-refractivity contribution is 0.962. The molecule has 0 aliphatic heterocycles. The SMILES string of the molecule is Cc1c(-c2cccc(Cl)n2)ccn2nc(N)nc12. The monoisotopic (exact) mass is 259 g/mol. The molecular formula is C12H10ClN5. The van der Waals surface area contributed by atoms with Gasteiger partial charge in [0.05, 0.1) is 5.69 Å². The maximum Gasteiger partial charge on any atom is 0.240 e. The summed E-state index contributed by atoms with van der Waals surface area (Å²) in [6, 6.07) is 7.44. The Kier molecular flexibility index (Phi) is 2.41. The van der Waals surface area contributed by atoms with Crippen molar-refractivity contribution in [3.63, 3.8) is 0 Å². The molecule has 0 saturated heterocycles. The van der Waals surface area contributed by atoms with Crippen LogP contribution in [0.3, 0.4) is 0 Å². The molecule has 0 unspecified atom stereocenters. The first-order chi connectivity index (χ1) is 8.65. The van der Waals surface area contributed by atoms with Gasteiger partial charge >= 0.3 is 0 Å². The third kappa shape index (κ3) is 1.69. The normalized spacial score (nSPS) is 11.0. The molecule has 0 radical (unpaired) electrons. The van der Waals surface area contributed by atoms with Crippen LogP contribution in [-0.2, 0) is 0 Å². The molecule has 5 nitrogen and oxygen atoms in total. The van der Waals surface area contributed by atoms with Crippen molar-refractivity contribution in [1.82, 2.24) is 19.6 Å². The molecule has 2 N–H and O–H groups in total. The quantitative estimate of drug-likeness (QED) is 0.681. The number of aryl methyl sites for hydroxylation is 1. The highest BCUT2D eigenvalue weighted by molar-refractivity contribution is 6.29. The van der Waals surface area contributed by atoms with Gasteiger partial charge in [-0.2, -0.15) is 4.98 Å². The first kappa shape index (κ1) is 11.0. The van der Waals surface area contributed by atoms with Crippen LogP contribution in [-0.4, -0.2) is 19.6 Å². The average Bonchev–Trinajstić information content (AvgIpc) is 2.71. The Bertz CT molecular complexity index is 734. The molecule has 0 saturated carbocycles. The Morgan fingerprint density at radius 2 is 2.06 bits per heavy atom. The maximum absolute atomic E-state index is 5.91. The van der Waals surface area contributed by atoms with Gasteiger partial charge in [-0.25, -0.2) is 9.50 Å². The Morgan fingerprint density at radius 1 is 1.22 bits per heavy atom. The first-order valence-corrected chi connectivity index (χ1v) is 5.77. The van der Waals surface area contributed by atoms with Gasteiger partial charge in [0.2, 0.25) is 5.95 Å². The number of hydrogen-bond acceptors (Lipinski definition) is 4. The average molecular weight is 260 g/mol. The number of halogens is 1. The van der Waals surface area contributed by atoms with E-state index in [9.17, 15) is 0 Å². The van der Waals surface area contributed by atoms with E-state index in [1.165, 1.54) is 0 Å². The minimum Gasteiger partial charge on any atom is -0.366 e. The molecule has 3 heterocycles. The van der Waals surface area contributed by atoms with E-state index >= 15 is 0 Å². The van der Waals surface area contributed by atoms with Gasteiger partial charge in [0.1, 0.15) is 5.15 Å². The second-order valence-electron chi connectivity index (χ2n) is 3.94. The van der Waals surface area contributed by atoms with Crippen LogP contribution in [0.25, 0.3) is 16.9 Å². The van der Waals surface area contributed by atoms with Crippen LogP contribution < -0.4 is 5.73 Å². The number of rotatable bonds is 1. The number of anilines is 1. The molecule has 3 aromatic rings. The van der Waals surface area contributed by atoms with Crippen molar-refractivity contribution in [3.8, 4) is 11.3 Å². The van der Waals surface area contributed by atoms with E-state index in [2.05, 4.69) is 15.1 Å². The smallest absolute Gasteiger partial charge is 0.240 e. The molecule has 18 heavy (non-hydrogen) atoms. The maximum atomic E-state index is 5.91. The van der Waals surface area contributed by atoms with Gasteiger partial charge < -0.3 is 5.73 Å². The number of hydrogen-bond donors (Lipinski definition) is 1. The van der Waals surface area contributed by atoms with Gasteiger partial charge in [-0.3, -0.25) is 0 Å². The van der Waals surface area contributed by atoms with Crippen molar-refractivity contribution in [3.05, 3.63) is 41.2 Å². The number of nitrogens with zero attached hydrogens (tertiary/aromatic N) is 4. The lowest BCUT2D eigenvalue weighted by atomic mass is 10.1. The van der Waals surface area contributed by atoms with E-state index in [1.807, 2.05) is 31.3 Å². The van der Waals surface area contributed by atoms with Crippen LogP contribution in [0.1, 0.15) is 5.56 Å². The summed E-state index contributed by atoms with van der Waals surface area (Å²) in [4.78, 5) is 8.48. The van der Waals surface area contributed by atoms with Crippen LogP contribution in [0.5, 0.6) is 0 Å². The van der Waals surface area contributed by atoms with Crippen molar-refractivity contribution in [2.24, 2.45) is 0 Å². The Hall–Kier alpha value is -2.14. The minimum atomic E-state index is 0.259. The molecule has 0 fully saturated rings. The van der Waals surface area contributed by atoms with Gasteiger partial charge in [0.15, 0.2) is 5.65 Å². The molecule has 3 aromatic heterocycles. The fraction of sp³-hybridized carbons (Fsp3) is 0.0833. The zero-order valence-electron chi connectivity index (χ0n) is 9.63. The topological polar surface area (TPSA) is 69.1 Å². The van der Waals surface area contributed by atoms with Crippen molar-refractivity contribution in [1.29, 1.82) is 0 Å². The summed E-state index contributed by atoms with van der Waals surface area (Å²) >= 11 is 5.91. The fourth-order valence-corrected chi connectivity index (χ4v) is 2.09. The van der Waals surface area contributed by atoms with Crippen LogP contribution >= 0.6 is 11.6 Å². The molecular weight excluding hydrogens is 250 g/mol. The summed E-state index contributed by atoms with van der Waals surface area (Å²) in [5.74, 6) is 0.259.